The van der Waals surface area contributed by atoms with Crippen LogP contribution >= 0.6 is 24.0 Å². The van der Waals surface area contributed by atoms with Crippen LogP contribution in [0.2, 0.25) is 0 Å². The lowest BCUT2D eigenvalue weighted by Crippen LogP contribution is -2.40. The van der Waals surface area contributed by atoms with Gasteiger partial charge in [-0.15, -0.1) is 0 Å². The van der Waals surface area contributed by atoms with Gasteiger partial charge in [-0.1, -0.05) is 50.2 Å². The zero-order valence-corrected chi connectivity index (χ0v) is 21.4. The molecule has 3 aliphatic rings. The first-order valence-corrected chi connectivity index (χ1v) is 13.3. The van der Waals surface area contributed by atoms with Gasteiger partial charge in [0.2, 0.25) is 0 Å². The number of hydrogen-bond acceptors (Lipinski definition) is 6. The van der Waals surface area contributed by atoms with Gasteiger partial charge >= 0.3 is 0 Å². The normalized spacial score (nSPS) is 21.8. The second-order valence-corrected chi connectivity index (χ2v) is 11.1. The Kier molecular flexibility index (Phi) is 7.30. The van der Waals surface area contributed by atoms with E-state index in [0.717, 1.165) is 63.0 Å². The molecule has 176 valence electrons. The van der Waals surface area contributed by atoms with E-state index in [1.54, 1.807) is 4.57 Å². The number of thiocarbonyl (C=S) groups is 1. The molecule has 0 atom stereocenters. The molecule has 4 rings (SSSR count). The second kappa shape index (κ2) is 10.0. The maximum atomic E-state index is 13.4. The number of carbonyl (C=O) groups excluding carboxylic acids is 1. The van der Waals surface area contributed by atoms with E-state index in [1.165, 1.54) is 18.2 Å². The number of hydrogen-bond donors (Lipinski definition) is 0. The molecule has 2 saturated heterocycles. The molecule has 33 heavy (non-hydrogen) atoms. The summed E-state index contributed by atoms with van der Waals surface area (Å²) in [5.41, 5.74) is 1.34. The summed E-state index contributed by atoms with van der Waals surface area (Å²) in [5.74, 6) is 1.44. The number of thioether (sulfide) groups is 1. The average molecular weight is 485 g/mol. The molecule has 3 fully saturated rings. The molecule has 1 aromatic heterocycles. The Morgan fingerprint density at radius 2 is 1.82 bits per heavy atom. The lowest BCUT2D eigenvalue weighted by Gasteiger charge is -2.35. The van der Waals surface area contributed by atoms with Gasteiger partial charge in [-0.25, -0.2) is 0 Å². The Balaban J connectivity index is 1.82. The van der Waals surface area contributed by atoms with Crippen molar-refractivity contribution in [3.8, 4) is 6.07 Å². The van der Waals surface area contributed by atoms with E-state index in [0.29, 0.717) is 27.3 Å². The Morgan fingerprint density at radius 3 is 2.42 bits per heavy atom. The minimum Gasteiger partial charge on any atom is -0.357 e. The first kappa shape index (κ1) is 24.0. The summed E-state index contributed by atoms with van der Waals surface area (Å²) in [6.45, 7) is 8.19. The van der Waals surface area contributed by atoms with Gasteiger partial charge in [-0.3, -0.25) is 19.1 Å². The van der Waals surface area contributed by atoms with Gasteiger partial charge in [0.05, 0.1) is 4.91 Å². The summed E-state index contributed by atoms with van der Waals surface area (Å²) in [6, 6.07) is 2.29. The van der Waals surface area contributed by atoms with E-state index in [2.05, 4.69) is 17.9 Å². The highest BCUT2D eigenvalue weighted by Gasteiger charge is 2.38. The van der Waals surface area contributed by atoms with E-state index in [9.17, 15) is 14.9 Å². The van der Waals surface area contributed by atoms with E-state index in [1.807, 2.05) is 24.8 Å². The van der Waals surface area contributed by atoms with Crippen molar-refractivity contribution in [1.29, 1.82) is 5.26 Å². The van der Waals surface area contributed by atoms with E-state index >= 15 is 0 Å². The zero-order valence-electron chi connectivity index (χ0n) is 19.7. The molecule has 0 radical (unpaired) electrons. The molecule has 6 nitrogen and oxygen atoms in total. The Labute approximate surface area is 205 Å². The van der Waals surface area contributed by atoms with Crippen LogP contribution in [0.25, 0.3) is 6.08 Å². The Bertz CT molecular complexity index is 1090. The van der Waals surface area contributed by atoms with Crippen molar-refractivity contribution in [3.05, 3.63) is 31.9 Å². The van der Waals surface area contributed by atoms with Crippen molar-refractivity contribution < 1.29 is 4.79 Å². The predicted molar refractivity (Wildman–Crippen MR) is 138 cm³/mol. The molecule has 0 bridgehead atoms. The topological polar surface area (TPSA) is 69.3 Å². The zero-order chi connectivity index (χ0) is 23.7. The largest absolute Gasteiger partial charge is 0.357 e. The van der Waals surface area contributed by atoms with Crippen LogP contribution in [0.3, 0.4) is 0 Å². The molecule has 8 heteroatoms. The number of amides is 1. The van der Waals surface area contributed by atoms with Crippen LogP contribution in [0.4, 0.5) is 5.82 Å². The SMILES string of the molecule is CCn1c(N2CCC(C)CC2)c(C=C2SC(=S)N(C3CCCCC3)C2=O)c(C)c(C#N)c1=O. The number of anilines is 1. The maximum Gasteiger partial charge on any atom is 0.270 e. The molecule has 0 aromatic carbocycles. The molecule has 1 aromatic rings. The van der Waals surface area contributed by atoms with E-state index in [4.69, 9.17) is 12.2 Å². The maximum absolute atomic E-state index is 13.4. The lowest BCUT2D eigenvalue weighted by molar-refractivity contribution is -0.124. The quantitative estimate of drug-likeness (QED) is 0.451. The minimum atomic E-state index is -0.252. The number of nitrogens with zero attached hydrogens (tertiary/aromatic N) is 4. The van der Waals surface area contributed by atoms with Gasteiger partial charge in [0.25, 0.3) is 11.5 Å². The molecule has 1 amide bonds. The number of piperidine rings is 1. The van der Waals surface area contributed by atoms with Crippen molar-refractivity contribution >= 4 is 46.1 Å². The van der Waals surface area contributed by atoms with Crippen molar-refractivity contribution in [1.82, 2.24) is 9.47 Å². The van der Waals surface area contributed by atoms with Gasteiger partial charge in [-0.05, 0) is 57.1 Å². The molecule has 0 N–H and O–H groups in total. The fourth-order valence-corrected chi connectivity index (χ4v) is 6.65. The minimum absolute atomic E-state index is 0.0396. The predicted octanol–water partition coefficient (Wildman–Crippen LogP) is 4.82. The number of carbonyl (C=O) groups is 1. The molecule has 2 aliphatic heterocycles. The van der Waals surface area contributed by atoms with E-state index in [-0.39, 0.29) is 23.1 Å². The van der Waals surface area contributed by atoms with Crippen molar-refractivity contribution in [2.75, 3.05) is 18.0 Å². The fraction of sp³-hybridized carbons (Fsp3) is 0.600. The highest BCUT2D eigenvalue weighted by atomic mass is 32.2. The molecular formula is C25H32N4O2S2. The number of rotatable bonds is 4. The first-order chi connectivity index (χ1) is 15.9. The monoisotopic (exact) mass is 484 g/mol. The van der Waals surface area contributed by atoms with Crippen molar-refractivity contribution in [3.63, 3.8) is 0 Å². The van der Waals surface area contributed by atoms with E-state index < -0.39 is 0 Å². The molecule has 1 aliphatic carbocycles. The molecular weight excluding hydrogens is 452 g/mol. The first-order valence-electron chi connectivity index (χ1n) is 12.1. The summed E-state index contributed by atoms with van der Waals surface area (Å²) >= 11 is 6.97. The van der Waals surface area contributed by atoms with Crippen molar-refractivity contribution in [2.24, 2.45) is 5.92 Å². The third-order valence-electron chi connectivity index (χ3n) is 7.28. The number of pyridine rings is 1. The summed E-state index contributed by atoms with van der Waals surface area (Å²) in [4.78, 5) is 31.2. The summed E-state index contributed by atoms with van der Waals surface area (Å²) in [6.07, 6.45) is 9.46. The molecule has 3 heterocycles. The van der Waals surface area contributed by atoms with Gasteiger partial charge < -0.3 is 4.90 Å². The summed E-state index contributed by atoms with van der Waals surface area (Å²) in [7, 11) is 0. The number of aromatic nitrogens is 1. The third kappa shape index (κ3) is 4.50. The molecule has 0 spiro atoms. The Hall–Kier alpha value is -2.11. The molecule has 0 unspecified atom stereocenters. The standard InChI is InChI=1S/C25H32N4O2S2/c1-4-28-22(27-12-10-16(2)11-13-27)19(17(3)20(15-26)23(28)30)14-21-24(31)29(25(32)33-21)18-8-6-5-7-9-18/h14,16,18H,4-13H2,1-3H3. The number of nitriles is 1. The van der Waals surface area contributed by atoms with Crippen LogP contribution in [0.15, 0.2) is 9.70 Å². The van der Waals surface area contributed by atoms with Crippen LogP contribution in [0.1, 0.15) is 75.5 Å². The molecule has 1 saturated carbocycles. The highest BCUT2D eigenvalue weighted by molar-refractivity contribution is 8.26. The lowest BCUT2D eigenvalue weighted by atomic mass is 9.94. The van der Waals surface area contributed by atoms with Crippen LogP contribution in [0, 0.1) is 24.2 Å². The van der Waals surface area contributed by atoms with Crippen LogP contribution in [-0.2, 0) is 11.3 Å². The van der Waals surface area contributed by atoms with Crippen LogP contribution < -0.4 is 10.5 Å². The fourth-order valence-electron chi connectivity index (χ4n) is 5.26. The van der Waals surface area contributed by atoms with Gasteiger partial charge in [0.1, 0.15) is 21.8 Å². The second-order valence-electron chi connectivity index (χ2n) is 9.41. The van der Waals surface area contributed by atoms with Crippen LogP contribution in [-0.4, -0.2) is 38.8 Å². The van der Waals surface area contributed by atoms with Gasteiger partial charge in [-0.2, -0.15) is 5.26 Å². The average Bonchev–Trinajstić information content (AvgIpc) is 3.09. The highest BCUT2D eigenvalue weighted by Crippen LogP contribution is 2.39. The van der Waals surface area contributed by atoms with Crippen molar-refractivity contribution in [2.45, 2.75) is 78.3 Å². The summed E-state index contributed by atoms with van der Waals surface area (Å²) in [5, 5.41) is 9.75. The smallest absolute Gasteiger partial charge is 0.270 e. The van der Waals surface area contributed by atoms with Gasteiger partial charge in [0, 0.05) is 31.2 Å². The summed E-state index contributed by atoms with van der Waals surface area (Å²) < 4.78 is 2.32. The van der Waals surface area contributed by atoms with Crippen LogP contribution in [0.5, 0.6) is 0 Å². The third-order valence-corrected chi connectivity index (χ3v) is 8.62. The van der Waals surface area contributed by atoms with Gasteiger partial charge in [0.15, 0.2) is 0 Å². The Morgan fingerprint density at radius 1 is 1.15 bits per heavy atom.